The monoisotopic (exact) mass is 655 g/mol. The summed E-state index contributed by atoms with van der Waals surface area (Å²) in [5.74, 6) is 0. The molecule has 2 atom stereocenters. The molecule has 0 saturated heterocycles. The Morgan fingerprint density at radius 2 is 1.22 bits per heavy atom. The molecule has 3 heterocycles. The van der Waals surface area contributed by atoms with Crippen molar-refractivity contribution in [3.63, 3.8) is 0 Å². The average molecular weight is 656 g/mol. The fraction of sp³-hybridized carbons (Fsp3) is 0.0426. The largest absolute Gasteiger partial charge is 0.454 e. The summed E-state index contributed by atoms with van der Waals surface area (Å²) >= 11 is 0. The first-order valence-electron chi connectivity index (χ1n) is 17.4. The fourth-order valence-electron chi connectivity index (χ4n) is 7.80. The maximum Gasteiger partial charge on any atom is 0.159 e. The molecule has 4 heteroatoms. The maximum atomic E-state index is 6.88. The number of rotatable bonds is 5. The standard InChI is InChI=1S/C47H33N3O/c1-30-44(32-16-7-3-8-17-32)48-47(33-18-9-4-10-19-33)49-45(30)35-24-26-37-38-21-13-23-42(46(38)51-43(37)29-35)50-40-22-12-11-20-36(40)39-28-34(25-27-41(39)50)31-14-5-2-6-15-31/h2-29,45,47,49H,1H2. The Kier molecular flexibility index (Phi) is 6.83. The minimum atomic E-state index is -0.215. The quantitative estimate of drug-likeness (QED) is 0.200. The van der Waals surface area contributed by atoms with Crippen molar-refractivity contribution in [1.82, 2.24) is 9.88 Å². The van der Waals surface area contributed by atoms with Gasteiger partial charge in [0.05, 0.1) is 28.5 Å². The first-order chi connectivity index (χ1) is 25.2. The highest BCUT2D eigenvalue weighted by Crippen LogP contribution is 2.41. The Labute approximate surface area is 295 Å². The zero-order valence-corrected chi connectivity index (χ0v) is 27.8. The molecule has 0 saturated carbocycles. The molecule has 1 aliphatic heterocycles. The van der Waals surface area contributed by atoms with Crippen LogP contribution in [0.4, 0.5) is 0 Å². The minimum absolute atomic E-state index is 0.156. The molecule has 4 nitrogen and oxygen atoms in total. The van der Waals surface area contributed by atoms with Gasteiger partial charge in [0.1, 0.15) is 11.7 Å². The number of aromatic nitrogens is 1. The van der Waals surface area contributed by atoms with Crippen LogP contribution in [0.25, 0.3) is 60.6 Å². The van der Waals surface area contributed by atoms with Crippen LogP contribution < -0.4 is 5.32 Å². The van der Waals surface area contributed by atoms with Gasteiger partial charge in [-0.25, -0.2) is 0 Å². The number of para-hydroxylation sites is 2. The zero-order valence-electron chi connectivity index (χ0n) is 27.8. The van der Waals surface area contributed by atoms with Gasteiger partial charge >= 0.3 is 0 Å². The van der Waals surface area contributed by atoms with Crippen LogP contribution in [0.1, 0.15) is 28.9 Å². The minimum Gasteiger partial charge on any atom is -0.454 e. The van der Waals surface area contributed by atoms with Gasteiger partial charge in [-0.15, -0.1) is 0 Å². The number of hydrogen-bond acceptors (Lipinski definition) is 3. The predicted octanol–water partition coefficient (Wildman–Crippen LogP) is 11.7. The summed E-state index contributed by atoms with van der Waals surface area (Å²) in [7, 11) is 0. The summed E-state index contributed by atoms with van der Waals surface area (Å²) in [6, 6.07) is 59.6. The molecule has 0 aliphatic carbocycles. The normalized spacial score (nSPS) is 16.3. The van der Waals surface area contributed by atoms with E-state index in [0.29, 0.717) is 0 Å². The third kappa shape index (κ3) is 4.84. The second-order valence-corrected chi connectivity index (χ2v) is 13.2. The van der Waals surface area contributed by atoms with Gasteiger partial charge in [-0.3, -0.25) is 10.3 Å². The lowest BCUT2D eigenvalue weighted by Gasteiger charge is -2.32. The van der Waals surface area contributed by atoms with Gasteiger partial charge in [0.15, 0.2) is 5.58 Å². The molecule has 0 spiro atoms. The third-order valence-corrected chi connectivity index (χ3v) is 10.3. The van der Waals surface area contributed by atoms with E-state index in [1.807, 2.05) is 12.1 Å². The molecule has 242 valence electrons. The highest BCUT2D eigenvalue weighted by atomic mass is 16.3. The van der Waals surface area contributed by atoms with Crippen molar-refractivity contribution in [2.75, 3.05) is 0 Å². The Balaban J connectivity index is 1.11. The summed E-state index contributed by atoms with van der Waals surface area (Å²) < 4.78 is 9.23. The van der Waals surface area contributed by atoms with Crippen molar-refractivity contribution in [3.8, 4) is 16.8 Å². The van der Waals surface area contributed by atoms with E-state index >= 15 is 0 Å². The van der Waals surface area contributed by atoms with Gasteiger partial charge in [0, 0.05) is 27.1 Å². The SMILES string of the molecule is C=C1C(c2ccccc2)=NC(c2ccccc2)NC1c1ccc2c(c1)oc1c(-n3c4ccccc4c4cc(-c5ccccc5)ccc43)cccc12. The van der Waals surface area contributed by atoms with Crippen molar-refractivity contribution >= 4 is 49.5 Å². The Hall–Kier alpha value is -6.49. The van der Waals surface area contributed by atoms with Gasteiger partial charge in [0.2, 0.25) is 0 Å². The summed E-state index contributed by atoms with van der Waals surface area (Å²) in [6.07, 6.45) is -0.215. The highest BCUT2D eigenvalue weighted by Gasteiger charge is 2.30. The third-order valence-electron chi connectivity index (χ3n) is 10.3. The number of nitrogens with one attached hydrogen (secondary N) is 1. The van der Waals surface area contributed by atoms with Crippen molar-refractivity contribution in [3.05, 3.63) is 199 Å². The summed E-state index contributed by atoms with van der Waals surface area (Å²) in [6.45, 7) is 4.58. The Morgan fingerprint density at radius 3 is 2.02 bits per heavy atom. The van der Waals surface area contributed by atoms with Crippen LogP contribution in [0.15, 0.2) is 191 Å². The molecule has 2 unspecified atom stereocenters. The van der Waals surface area contributed by atoms with Crippen LogP contribution in [0.5, 0.6) is 0 Å². The Morgan fingerprint density at radius 1 is 0.529 bits per heavy atom. The molecule has 0 bridgehead atoms. The molecule has 51 heavy (non-hydrogen) atoms. The van der Waals surface area contributed by atoms with E-state index in [9.17, 15) is 0 Å². The number of aliphatic imine (C=N–C) groups is 1. The van der Waals surface area contributed by atoms with Gasteiger partial charge < -0.3 is 8.98 Å². The molecule has 1 aliphatic rings. The zero-order chi connectivity index (χ0) is 33.9. The van der Waals surface area contributed by atoms with Crippen LogP contribution in [0.2, 0.25) is 0 Å². The van der Waals surface area contributed by atoms with Gasteiger partial charge in [-0.05, 0) is 58.2 Å². The second kappa shape index (κ2) is 11.8. The van der Waals surface area contributed by atoms with Crippen molar-refractivity contribution < 1.29 is 4.42 Å². The lowest BCUT2D eigenvalue weighted by Crippen LogP contribution is -2.34. The molecule has 2 aromatic heterocycles. The van der Waals surface area contributed by atoms with Gasteiger partial charge in [0.25, 0.3) is 0 Å². The van der Waals surface area contributed by atoms with E-state index in [-0.39, 0.29) is 12.2 Å². The van der Waals surface area contributed by atoms with Crippen LogP contribution in [0.3, 0.4) is 0 Å². The van der Waals surface area contributed by atoms with Gasteiger partial charge in [-0.1, -0.05) is 146 Å². The molecule has 10 rings (SSSR count). The number of fused-ring (bicyclic) bond motifs is 6. The average Bonchev–Trinajstić information content (AvgIpc) is 3.74. The molecule has 1 N–H and O–H groups in total. The first kappa shape index (κ1) is 29.4. The number of furan rings is 1. The van der Waals surface area contributed by atoms with Crippen LogP contribution >= 0.6 is 0 Å². The van der Waals surface area contributed by atoms with E-state index < -0.39 is 0 Å². The summed E-state index contributed by atoms with van der Waals surface area (Å²) in [5, 5.41) is 8.39. The van der Waals surface area contributed by atoms with Crippen molar-refractivity contribution in [1.29, 1.82) is 0 Å². The number of nitrogens with zero attached hydrogens (tertiary/aromatic N) is 2. The van der Waals surface area contributed by atoms with Crippen LogP contribution in [-0.4, -0.2) is 10.3 Å². The molecule has 0 fully saturated rings. The molecule has 0 amide bonds. The van der Waals surface area contributed by atoms with Crippen LogP contribution in [0, 0.1) is 0 Å². The van der Waals surface area contributed by atoms with Crippen molar-refractivity contribution in [2.45, 2.75) is 12.2 Å². The lowest BCUT2D eigenvalue weighted by molar-refractivity contribution is 0.488. The highest BCUT2D eigenvalue weighted by molar-refractivity contribution is 6.15. The van der Waals surface area contributed by atoms with E-state index in [1.54, 1.807) is 0 Å². The second-order valence-electron chi connectivity index (χ2n) is 13.2. The molecule has 0 radical (unpaired) electrons. The topological polar surface area (TPSA) is 42.5 Å². The molecule has 9 aromatic rings. The predicted molar refractivity (Wildman–Crippen MR) is 211 cm³/mol. The molecular formula is C47H33N3O. The number of benzene rings is 7. The summed E-state index contributed by atoms with van der Waals surface area (Å²) in [4.78, 5) is 5.17. The summed E-state index contributed by atoms with van der Waals surface area (Å²) in [5.41, 5.74) is 12.5. The van der Waals surface area contributed by atoms with Crippen molar-refractivity contribution in [2.24, 2.45) is 4.99 Å². The van der Waals surface area contributed by atoms with E-state index in [2.05, 4.69) is 174 Å². The molecular weight excluding hydrogens is 623 g/mol. The van der Waals surface area contributed by atoms with Gasteiger partial charge in [-0.2, -0.15) is 0 Å². The van der Waals surface area contributed by atoms with E-state index in [4.69, 9.17) is 9.41 Å². The van der Waals surface area contributed by atoms with E-state index in [1.165, 1.54) is 21.9 Å². The molecule has 7 aromatic carbocycles. The maximum absolute atomic E-state index is 6.88. The first-order valence-corrected chi connectivity index (χ1v) is 17.4. The fourth-order valence-corrected chi connectivity index (χ4v) is 7.80. The lowest BCUT2D eigenvalue weighted by atomic mass is 9.89. The Bertz CT molecular complexity index is 2790. The number of hydrogen-bond donors (Lipinski definition) is 1. The van der Waals surface area contributed by atoms with Crippen LogP contribution in [-0.2, 0) is 0 Å². The smallest absolute Gasteiger partial charge is 0.159 e. The van der Waals surface area contributed by atoms with E-state index in [0.717, 1.165) is 66.6 Å².